The van der Waals surface area contributed by atoms with E-state index in [0.29, 0.717) is 5.65 Å². The maximum atomic E-state index is 13.6. The van der Waals surface area contributed by atoms with Crippen LogP contribution in [0.2, 0.25) is 0 Å². The van der Waals surface area contributed by atoms with E-state index in [1.54, 1.807) is 24.4 Å². The van der Waals surface area contributed by atoms with Gasteiger partial charge in [0.1, 0.15) is 23.0 Å². The van der Waals surface area contributed by atoms with Gasteiger partial charge in [-0.15, -0.1) is 0 Å². The Morgan fingerprint density at radius 2 is 1.89 bits per heavy atom. The first-order valence-corrected chi connectivity index (χ1v) is 9.62. The molecule has 2 heterocycles. The lowest BCUT2D eigenvalue weighted by molar-refractivity contribution is -0.144. The third-order valence-corrected chi connectivity index (χ3v) is 5.49. The van der Waals surface area contributed by atoms with Crippen molar-refractivity contribution in [1.29, 1.82) is 0 Å². The molecule has 27 heavy (non-hydrogen) atoms. The summed E-state index contributed by atoms with van der Waals surface area (Å²) in [4.78, 5) is 27.5. The van der Waals surface area contributed by atoms with E-state index in [4.69, 9.17) is 4.74 Å². The molecule has 0 aliphatic rings. The Morgan fingerprint density at radius 3 is 2.67 bits per heavy atom. The van der Waals surface area contributed by atoms with E-state index < -0.39 is 38.7 Å². The monoisotopic (exact) mass is 390 g/mol. The van der Waals surface area contributed by atoms with E-state index >= 15 is 0 Å². The number of fused-ring (bicyclic) bond motifs is 1. The van der Waals surface area contributed by atoms with E-state index in [9.17, 15) is 22.4 Å². The third kappa shape index (κ3) is 4.37. The second kappa shape index (κ2) is 7.67. The van der Waals surface area contributed by atoms with Crippen LogP contribution in [0.3, 0.4) is 0 Å². The van der Waals surface area contributed by atoms with Gasteiger partial charge in [0.25, 0.3) is 5.56 Å². The summed E-state index contributed by atoms with van der Waals surface area (Å²) in [7, 11) is -3.95. The van der Waals surface area contributed by atoms with Crippen molar-refractivity contribution in [3.63, 3.8) is 0 Å². The van der Waals surface area contributed by atoms with Crippen molar-refractivity contribution in [3.05, 3.63) is 76.6 Å². The van der Waals surface area contributed by atoms with Gasteiger partial charge < -0.3 is 4.74 Å². The maximum Gasteiger partial charge on any atom is 0.307 e. The van der Waals surface area contributed by atoms with Crippen molar-refractivity contribution in [2.75, 3.05) is 5.75 Å². The van der Waals surface area contributed by atoms with Crippen LogP contribution in [0.1, 0.15) is 12.1 Å². The van der Waals surface area contributed by atoms with Gasteiger partial charge in [-0.05, 0) is 24.3 Å². The molecule has 7 nitrogen and oxygen atoms in total. The van der Waals surface area contributed by atoms with Crippen LogP contribution >= 0.6 is 0 Å². The van der Waals surface area contributed by atoms with Crippen molar-refractivity contribution < 1.29 is 22.3 Å². The van der Waals surface area contributed by atoms with Crippen LogP contribution in [0.4, 0.5) is 4.39 Å². The van der Waals surface area contributed by atoms with E-state index in [-0.39, 0.29) is 17.9 Å². The van der Waals surface area contributed by atoms with Crippen LogP contribution < -0.4 is 5.56 Å². The molecule has 0 radical (unpaired) electrons. The number of ether oxygens (including phenoxy) is 1. The summed E-state index contributed by atoms with van der Waals surface area (Å²) in [6.07, 6.45) is 1.12. The zero-order valence-electron chi connectivity index (χ0n) is 14.0. The number of benzene rings is 1. The second-order valence-corrected chi connectivity index (χ2v) is 7.75. The topological polar surface area (TPSA) is 94.8 Å². The van der Waals surface area contributed by atoms with E-state index in [1.807, 2.05) is 0 Å². The average molecular weight is 390 g/mol. The normalized spacial score (nSPS) is 11.4. The van der Waals surface area contributed by atoms with Crippen LogP contribution in [0, 0.1) is 5.82 Å². The maximum absolute atomic E-state index is 13.6. The second-order valence-electron chi connectivity index (χ2n) is 5.67. The molecule has 140 valence electrons. The first-order valence-electron chi connectivity index (χ1n) is 7.97. The van der Waals surface area contributed by atoms with Crippen LogP contribution in [-0.4, -0.2) is 29.5 Å². The minimum Gasteiger partial charge on any atom is -0.459 e. The number of aromatic nitrogens is 2. The molecule has 3 aromatic rings. The molecule has 0 unspecified atom stereocenters. The molecule has 0 saturated heterocycles. The van der Waals surface area contributed by atoms with Gasteiger partial charge >= 0.3 is 5.97 Å². The summed E-state index contributed by atoms with van der Waals surface area (Å²) in [5, 5.41) is 0. The van der Waals surface area contributed by atoms with Crippen molar-refractivity contribution in [2.24, 2.45) is 0 Å². The van der Waals surface area contributed by atoms with Crippen molar-refractivity contribution >= 4 is 21.5 Å². The lowest BCUT2D eigenvalue weighted by Crippen LogP contribution is -2.17. The predicted octanol–water partition coefficient (Wildman–Crippen LogP) is 1.74. The van der Waals surface area contributed by atoms with E-state index in [2.05, 4.69) is 4.98 Å². The van der Waals surface area contributed by atoms with Crippen LogP contribution in [-0.2, 0) is 26.0 Å². The van der Waals surface area contributed by atoms with Gasteiger partial charge in [0.15, 0.2) is 9.84 Å². The standard InChI is InChI=1S/C18H15FN2O5S/c19-14-5-1-2-6-15(14)27(24,25)10-8-18(23)26-12-13-11-17(22)21-9-4-3-7-16(21)20-13/h1-7,9,11H,8,10,12H2. The molecule has 0 fully saturated rings. The highest BCUT2D eigenvalue weighted by Crippen LogP contribution is 2.16. The molecule has 0 spiro atoms. The van der Waals surface area contributed by atoms with Gasteiger partial charge in [-0.2, -0.15) is 0 Å². The van der Waals surface area contributed by atoms with Gasteiger partial charge in [-0.1, -0.05) is 18.2 Å². The number of hydrogen-bond acceptors (Lipinski definition) is 6. The molecule has 9 heteroatoms. The Labute approximate surface area is 154 Å². The number of esters is 1. The van der Waals surface area contributed by atoms with E-state index in [1.165, 1.54) is 22.6 Å². The van der Waals surface area contributed by atoms with Gasteiger partial charge in [0.2, 0.25) is 0 Å². The number of carbonyl (C=O) groups excluding carboxylic acids is 1. The molecule has 0 N–H and O–H groups in total. The highest BCUT2D eigenvalue weighted by atomic mass is 32.2. The molecule has 0 amide bonds. The van der Waals surface area contributed by atoms with Crippen LogP contribution in [0.5, 0.6) is 0 Å². The fourth-order valence-corrected chi connectivity index (χ4v) is 3.73. The Bertz CT molecular complexity index is 1160. The van der Waals surface area contributed by atoms with Crippen molar-refractivity contribution in [1.82, 2.24) is 9.38 Å². The lowest BCUT2D eigenvalue weighted by Gasteiger charge is -2.07. The molecular formula is C18H15FN2O5S. The van der Waals surface area contributed by atoms with Crippen molar-refractivity contribution in [3.8, 4) is 0 Å². The molecular weight excluding hydrogens is 375 g/mol. The average Bonchev–Trinajstić information content (AvgIpc) is 2.65. The number of hydrogen-bond donors (Lipinski definition) is 0. The summed E-state index contributed by atoms with van der Waals surface area (Å²) >= 11 is 0. The fourth-order valence-electron chi connectivity index (χ4n) is 2.43. The summed E-state index contributed by atoms with van der Waals surface area (Å²) in [6, 6.07) is 11.2. The molecule has 2 aromatic heterocycles. The molecule has 0 saturated carbocycles. The van der Waals surface area contributed by atoms with Gasteiger partial charge in [-0.3, -0.25) is 14.0 Å². The van der Waals surface area contributed by atoms with Crippen LogP contribution in [0.15, 0.2) is 64.4 Å². The quantitative estimate of drug-likeness (QED) is 0.595. The molecule has 0 atom stereocenters. The van der Waals surface area contributed by atoms with Gasteiger partial charge in [0, 0.05) is 12.3 Å². The van der Waals surface area contributed by atoms with Gasteiger partial charge in [-0.25, -0.2) is 17.8 Å². The minimum absolute atomic E-state index is 0.247. The minimum atomic E-state index is -3.95. The zero-order valence-corrected chi connectivity index (χ0v) is 14.9. The number of nitrogens with zero attached hydrogens (tertiary/aromatic N) is 2. The fraction of sp³-hybridized carbons (Fsp3) is 0.167. The number of halogens is 1. The predicted molar refractivity (Wildman–Crippen MR) is 94.3 cm³/mol. The number of pyridine rings is 1. The first-order chi connectivity index (χ1) is 12.9. The van der Waals surface area contributed by atoms with E-state index in [0.717, 1.165) is 12.1 Å². The van der Waals surface area contributed by atoms with Gasteiger partial charge in [0.05, 0.1) is 17.9 Å². The van der Waals surface area contributed by atoms with Crippen LogP contribution in [0.25, 0.3) is 5.65 Å². The Kier molecular flexibility index (Phi) is 5.31. The largest absolute Gasteiger partial charge is 0.459 e. The number of rotatable bonds is 6. The Balaban J connectivity index is 1.62. The molecule has 0 bridgehead atoms. The molecule has 3 rings (SSSR count). The van der Waals surface area contributed by atoms with Crippen molar-refractivity contribution in [2.45, 2.75) is 17.9 Å². The Morgan fingerprint density at radius 1 is 1.15 bits per heavy atom. The molecule has 0 aliphatic carbocycles. The highest BCUT2D eigenvalue weighted by Gasteiger charge is 2.20. The summed E-state index contributed by atoms with van der Waals surface area (Å²) in [5.74, 6) is -2.24. The molecule has 0 aliphatic heterocycles. The summed E-state index contributed by atoms with van der Waals surface area (Å²) in [5.41, 5.74) is 0.323. The SMILES string of the molecule is O=C(CCS(=O)(=O)c1ccccc1F)OCc1cc(=O)n2ccccc2n1. The lowest BCUT2D eigenvalue weighted by atomic mass is 10.3. The molecule has 1 aromatic carbocycles. The number of carbonyl (C=O) groups is 1. The smallest absolute Gasteiger partial charge is 0.307 e. The third-order valence-electron chi connectivity index (χ3n) is 3.75. The first kappa shape index (κ1) is 18.7. The highest BCUT2D eigenvalue weighted by molar-refractivity contribution is 7.91. The number of sulfone groups is 1. The summed E-state index contributed by atoms with van der Waals surface area (Å²) < 4.78 is 44.2. The Hall–Kier alpha value is -3.07. The zero-order chi connectivity index (χ0) is 19.4. The summed E-state index contributed by atoms with van der Waals surface area (Å²) in [6.45, 7) is -0.265.